The zero-order valence-electron chi connectivity index (χ0n) is 20.2. The molecule has 0 bridgehead atoms. The molecule has 2 heterocycles. The first-order valence-corrected chi connectivity index (χ1v) is 12.9. The average Bonchev–Trinajstić information content (AvgIpc) is 3.25. The number of carbonyl (C=O) groups excluding carboxylic acids is 1. The fourth-order valence-corrected chi connectivity index (χ4v) is 6.14. The van der Waals surface area contributed by atoms with E-state index < -0.39 is 57.6 Å². The van der Waals surface area contributed by atoms with Crippen molar-refractivity contribution in [1.29, 1.82) is 5.26 Å². The number of benzene rings is 2. The van der Waals surface area contributed by atoms with Crippen molar-refractivity contribution in [2.75, 3.05) is 0 Å². The van der Waals surface area contributed by atoms with Gasteiger partial charge < -0.3 is 5.32 Å². The minimum atomic E-state index is -4.73. The lowest BCUT2D eigenvalue weighted by Gasteiger charge is -2.27. The van der Waals surface area contributed by atoms with Gasteiger partial charge in [0.1, 0.15) is 17.7 Å². The van der Waals surface area contributed by atoms with Gasteiger partial charge in [0.05, 0.1) is 16.9 Å². The summed E-state index contributed by atoms with van der Waals surface area (Å²) in [6, 6.07) is 7.51. The zero-order valence-corrected chi connectivity index (χ0v) is 21.0. The molecule has 0 spiro atoms. The van der Waals surface area contributed by atoms with Crippen molar-refractivity contribution in [3.05, 3.63) is 77.9 Å². The van der Waals surface area contributed by atoms with Crippen LogP contribution in [0.5, 0.6) is 0 Å². The van der Waals surface area contributed by atoms with E-state index in [0.29, 0.717) is 0 Å². The molecule has 39 heavy (non-hydrogen) atoms. The Morgan fingerprint density at radius 3 is 2.33 bits per heavy atom. The highest BCUT2D eigenvalue weighted by Gasteiger charge is 2.49. The van der Waals surface area contributed by atoms with Crippen molar-refractivity contribution < 1.29 is 35.2 Å². The van der Waals surface area contributed by atoms with Gasteiger partial charge in [-0.1, -0.05) is 6.07 Å². The SMILES string of the molecule is C[C@H]1[C@H](C#N)CC(C(=O)NCc2cc(-c3cnc(C(F)(F)F)nc3)ccc2F)N1S(=O)(=O)c1ccc(F)cc1. The number of amides is 1. The highest BCUT2D eigenvalue weighted by Crippen LogP contribution is 2.35. The van der Waals surface area contributed by atoms with Crippen LogP contribution in [0.25, 0.3) is 11.1 Å². The molecule has 3 atom stereocenters. The Labute approximate surface area is 220 Å². The van der Waals surface area contributed by atoms with Crippen molar-refractivity contribution in [2.45, 2.75) is 43.0 Å². The van der Waals surface area contributed by atoms with E-state index in [1.54, 1.807) is 0 Å². The summed E-state index contributed by atoms with van der Waals surface area (Å²) in [6.07, 6.45) is -2.97. The molecule has 1 N–H and O–H groups in total. The summed E-state index contributed by atoms with van der Waals surface area (Å²) in [5.41, 5.74) is 0.430. The maximum Gasteiger partial charge on any atom is 0.451 e. The topological polar surface area (TPSA) is 116 Å². The van der Waals surface area contributed by atoms with E-state index in [0.717, 1.165) is 47.0 Å². The van der Waals surface area contributed by atoms with E-state index in [1.165, 1.54) is 19.1 Å². The average molecular weight is 566 g/mol. The van der Waals surface area contributed by atoms with Crippen LogP contribution in [-0.4, -0.2) is 40.7 Å². The molecule has 1 aliphatic rings. The van der Waals surface area contributed by atoms with Crippen LogP contribution in [0.1, 0.15) is 24.7 Å². The van der Waals surface area contributed by atoms with Gasteiger partial charge in [-0.15, -0.1) is 0 Å². The molecular formula is C25H20F5N5O3S. The second kappa shape index (κ2) is 10.7. The lowest BCUT2D eigenvalue weighted by molar-refractivity contribution is -0.145. The van der Waals surface area contributed by atoms with Crippen molar-refractivity contribution in [2.24, 2.45) is 5.92 Å². The van der Waals surface area contributed by atoms with Crippen molar-refractivity contribution >= 4 is 15.9 Å². The molecule has 0 radical (unpaired) electrons. The Kier molecular flexibility index (Phi) is 7.67. The zero-order chi connectivity index (χ0) is 28.5. The van der Waals surface area contributed by atoms with E-state index >= 15 is 0 Å². The highest BCUT2D eigenvalue weighted by molar-refractivity contribution is 7.89. The number of nitrogens with one attached hydrogen (secondary N) is 1. The third-order valence-corrected chi connectivity index (χ3v) is 8.37. The monoisotopic (exact) mass is 565 g/mol. The largest absolute Gasteiger partial charge is 0.451 e. The maximum absolute atomic E-state index is 14.5. The fraction of sp³-hybridized carbons (Fsp3) is 0.280. The van der Waals surface area contributed by atoms with E-state index in [9.17, 15) is 40.4 Å². The van der Waals surface area contributed by atoms with Gasteiger partial charge in [0.2, 0.25) is 21.8 Å². The summed E-state index contributed by atoms with van der Waals surface area (Å²) in [4.78, 5) is 19.4. The lowest BCUT2D eigenvalue weighted by atomic mass is 10.0. The number of carbonyl (C=O) groups is 1. The molecule has 0 saturated carbocycles. The minimum Gasteiger partial charge on any atom is -0.351 e. The Hall–Kier alpha value is -3.96. The number of sulfonamides is 1. The Morgan fingerprint density at radius 2 is 1.74 bits per heavy atom. The Balaban J connectivity index is 1.55. The van der Waals surface area contributed by atoms with Crippen LogP contribution in [0.3, 0.4) is 0 Å². The van der Waals surface area contributed by atoms with E-state index in [2.05, 4.69) is 15.3 Å². The van der Waals surface area contributed by atoms with Crippen LogP contribution in [0, 0.1) is 28.9 Å². The van der Waals surface area contributed by atoms with Gasteiger partial charge in [0, 0.05) is 36.1 Å². The van der Waals surface area contributed by atoms with Gasteiger partial charge in [0.15, 0.2) is 0 Å². The molecule has 1 aliphatic heterocycles. The van der Waals surface area contributed by atoms with Crippen LogP contribution >= 0.6 is 0 Å². The standard InChI is InChI=1S/C25H20F5N5O3S/c1-14-16(10-31)9-22(35(14)39(37,38)20-5-3-19(26)4-6-20)23(36)32-11-17-8-15(2-7-21(17)27)18-12-33-24(34-13-18)25(28,29)30/h2-8,12-14,16,22H,9,11H2,1H3,(H,32,36)/t14-,16-,22?/m0/s1. The molecule has 1 unspecified atom stereocenters. The van der Waals surface area contributed by atoms with E-state index in [4.69, 9.17) is 0 Å². The van der Waals surface area contributed by atoms with Crippen molar-refractivity contribution in [1.82, 2.24) is 19.6 Å². The Morgan fingerprint density at radius 1 is 1.10 bits per heavy atom. The van der Waals surface area contributed by atoms with Crippen molar-refractivity contribution in [3.8, 4) is 17.2 Å². The molecule has 14 heteroatoms. The van der Waals surface area contributed by atoms with E-state index in [1.807, 2.05) is 6.07 Å². The molecule has 8 nitrogen and oxygen atoms in total. The molecule has 0 aliphatic carbocycles. The quantitative estimate of drug-likeness (QED) is 0.451. The van der Waals surface area contributed by atoms with Gasteiger partial charge in [0.25, 0.3) is 0 Å². The molecule has 1 aromatic heterocycles. The number of nitrogens with zero attached hydrogens (tertiary/aromatic N) is 4. The second-order valence-electron chi connectivity index (χ2n) is 8.83. The first kappa shape index (κ1) is 28.1. The van der Waals surface area contributed by atoms with Crippen LogP contribution in [-0.2, 0) is 27.5 Å². The summed E-state index contributed by atoms with van der Waals surface area (Å²) in [7, 11) is -4.30. The first-order chi connectivity index (χ1) is 18.3. The van der Waals surface area contributed by atoms with Crippen molar-refractivity contribution in [3.63, 3.8) is 0 Å². The molecule has 1 amide bonds. The summed E-state index contributed by atoms with van der Waals surface area (Å²) in [5, 5.41) is 12.0. The fourth-order valence-electron chi connectivity index (χ4n) is 4.31. The van der Waals surface area contributed by atoms with Gasteiger partial charge in [-0.25, -0.2) is 27.2 Å². The normalized spacial score (nSPS) is 20.0. The molecule has 2 aromatic carbocycles. The van der Waals surface area contributed by atoms with Crippen LogP contribution in [0.4, 0.5) is 22.0 Å². The summed E-state index contributed by atoms with van der Waals surface area (Å²) < 4.78 is 93.6. The van der Waals surface area contributed by atoms with Crippen LogP contribution in [0.15, 0.2) is 59.8 Å². The number of rotatable bonds is 6. The second-order valence-corrected chi connectivity index (χ2v) is 10.7. The predicted octanol–water partition coefficient (Wildman–Crippen LogP) is 4.05. The number of halogens is 5. The van der Waals surface area contributed by atoms with Crippen LogP contribution < -0.4 is 5.32 Å². The summed E-state index contributed by atoms with van der Waals surface area (Å²) in [5.74, 6) is -4.30. The van der Waals surface area contributed by atoms with Gasteiger partial charge in [-0.05, 0) is 55.3 Å². The number of hydrogen-bond acceptors (Lipinski definition) is 6. The third-order valence-electron chi connectivity index (χ3n) is 6.36. The molecule has 204 valence electrons. The van der Waals surface area contributed by atoms with Gasteiger partial charge >= 0.3 is 6.18 Å². The van der Waals surface area contributed by atoms with Gasteiger partial charge in [-0.2, -0.15) is 22.7 Å². The minimum absolute atomic E-state index is 0.0310. The maximum atomic E-state index is 14.5. The summed E-state index contributed by atoms with van der Waals surface area (Å²) >= 11 is 0. The molecule has 3 aromatic rings. The van der Waals surface area contributed by atoms with E-state index in [-0.39, 0.29) is 34.6 Å². The molecule has 1 saturated heterocycles. The third kappa shape index (κ3) is 5.74. The molecule has 1 fully saturated rings. The number of nitriles is 1. The molecular weight excluding hydrogens is 545 g/mol. The molecule has 4 rings (SSSR count). The predicted molar refractivity (Wildman–Crippen MR) is 127 cm³/mol. The summed E-state index contributed by atoms with van der Waals surface area (Å²) in [6.45, 7) is 1.10. The number of alkyl halides is 3. The number of hydrogen-bond donors (Lipinski definition) is 1. The first-order valence-electron chi connectivity index (χ1n) is 11.5. The highest BCUT2D eigenvalue weighted by atomic mass is 32.2. The smallest absolute Gasteiger partial charge is 0.351 e. The van der Waals surface area contributed by atoms with Gasteiger partial charge in [-0.3, -0.25) is 4.79 Å². The number of aromatic nitrogens is 2. The Bertz CT molecular complexity index is 1520. The van der Waals surface area contributed by atoms with Crippen LogP contribution in [0.2, 0.25) is 0 Å². The lowest BCUT2D eigenvalue weighted by Crippen LogP contribution is -2.48.